The molecule has 0 saturated carbocycles. The molecule has 0 saturated heterocycles. The summed E-state index contributed by atoms with van der Waals surface area (Å²) in [5, 5.41) is 4.22. The van der Waals surface area contributed by atoms with Crippen LogP contribution in [0.3, 0.4) is 0 Å². The number of nitrogens with one attached hydrogen (secondary N) is 1. The summed E-state index contributed by atoms with van der Waals surface area (Å²) in [5.41, 5.74) is 4.76. The Balaban J connectivity index is 2.01. The lowest BCUT2D eigenvalue weighted by molar-refractivity contribution is 0.171. The number of hydrogen-bond acceptors (Lipinski definition) is 5. The van der Waals surface area contributed by atoms with Gasteiger partial charge in [-0.05, 0) is 33.6 Å². The van der Waals surface area contributed by atoms with Crippen molar-refractivity contribution in [2.75, 3.05) is 13.2 Å². The average molecular weight is 339 g/mol. The van der Waals surface area contributed by atoms with Crippen LogP contribution in [0.15, 0.2) is 28.9 Å². The molecule has 6 nitrogen and oxygen atoms in total. The van der Waals surface area contributed by atoms with Crippen molar-refractivity contribution in [1.82, 2.24) is 15.2 Å². The second-order valence-electron chi connectivity index (χ2n) is 4.50. The van der Waals surface area contributed by atoms with Crippen LogP contribution in [0.1, 0.15) is 17.3 Å². The van der Waals surface area contributed by atoms with Crippen molar-refractivity contribution in [1.29, 1.82) is 0 Å². The Morgan fingerprint density at radius 1 is 1.35 bits per heavy atom. The minimum atomic E-state index is -0.187. The molecule has 0 spiro atoms. The average Bonchev–Trinajstić information content (AvgIpc) is 2.80. The maximum atomic E-state index is 5.73. The van der Waals surface area contributed by atoms with Crippen LogP contribution in [0.2, 0.25) is 0 Å². The molecule has 106 valence electrons. The zero-order valence-electron chi connectivity index (χ0n) is 11.0. The van der Waals surface area contributed by atoms with Gasteiger partial charge in [-0.3, -0.25) is 10.5 Å². The van der Waals surface area contributed by atoms with E-state index >= 15 is 0 Å². The second-order valence-corrected chi connectivity index (χ2v) is 5.36. The van der Waals surface area contributed by atoms with Crippen LogP contribution in [0.5, 0.6) is 11.5 Å². The first-order valence-electron chi connectivity index (χ1n) is 6.24. The van der Waals surface area contributed by atoms with Crippen LogP contribution in [-0.4, -0.2) is 23.0 Å². The summed E-state index contributed by atoms with van der Waals surface area (Å²) in [4.78, 5) is 0. The van der Waals surface area contributed by atoms with E-state index in [0.717, 1.165) is 27.2 Å². The monoisotopic (exact) mass is 338 g/mol. The molecule has 1 unspecified atom stereocenters. The van der Waals surface area contributed by atoms with Crippen LogP contribution in [0.4, 0.5) is 0 Å². The molecule has 0 amide bonds. The lowest BCUT2D eigenvalue weighted by Gasteiger charge is -2.22. The maximum absolute atomic E-state index is 5.73. The van der Waals surface area contributed by atoms with Crippen molar-refractivity contribution in [3.63, 3.8) is 0 Å². The molecule has 0 aliphatic carbocycles. The lowest BCUT2D eigenvalue weighted by atomic mass is 10.0. The molecule has 0 radical (unpaired) electrons. The van der Waals surface area contributed by atoms with Gasteiger partial charge in [-0.2, -0.15) is 5.10 Å². The number of hydrazine groups is 1. The Hall–Kier alpha value is -1.57. The molecule has 2 heterocycles. The molecular formula is C13H15BrN4O2. The van der Waals surface area contributed by atoms with Gasteiger partial charge >= 0.3 is 0 Å². The molecule has 1 atom stereocenters. The Bertz CT molecular complexity index is 609. The zero-order chi connectivity index (χ0) is 14.1. The smallest absolute Gasteiger partial charge is 0.161 e. The summed E-state index contributed by atoms with van der Waals surface area (Å²) in [5.74, 6) is 7.23. The van der Waals surface area contributed by atoms with Crippen molar-refractivity contribution in [3.05, 3.63) is 40.1 Å². The van der Waals surface area contributed by atoms with Crippen molar-refractivity contribution in [3.8, 4) is 11.5 Å². The highest BCUT2D eigenvalue weighted by atomic mass is 79.9. The quantitative estimate of drug-likeness (QED) is 0.655. The van der Waals surface area contributed by atoms with Crippen LogP contribution in [0, 0.1) is 0 Å². The molecule has 3 rings (SSSR count). The maximum Gasteiger partial charge on any atom is 0.161 e. The topological polar surface area (TPSA) is 74.3 Å². The van der Waals surface area contributed by atoms with Crippen LogP contribution >= 0.6 is 15.9 Å². The van der Waals surface area contributed by atoms with Crippen LogP contribution in [-0.2, 0) is 7.05 Å². The molecule has 1 aliphatic heterocycles. The number of nitrogens with two attached hydrogens (primary N) is 1. The first-order chi connectivity index (χ1) is 9.70. The van der Waals surface area contributed by atoms with Gasteiger partial charge in [0.15, 0.2) is 11.5 Å². The van der Waals surface area contributed by atoms with Crippen LogP contribution in [0.25, 0.3) is 0 Å². The molecule has 1 aliphatic rings. The minimum Gasteiger partial charge on any atom is -0.486 e. The number of rotatable bonds is 3. The standard InChI is InChI=1S/C13H15BrN4O2/c1-18-13(9(14)7-16-18)12(17-15)8-2-3-10-11(6-8)20-5-4-19-10/h2-3,6-7,12,17H,4-5,15H2,1H3. The van der Waals surface area contributed by atoms with E-state index < -0.39 is 0 Å². The predicted molar refractivity (Wildman–Crippen MR) is 77.5 cm³/mol. The number of fused-ring (bicyclic) bond motifs is 1. The number of nitrogens with zero attached hydrogens (tertiary/aromatic N) is 2. The van der Waals surface area contributed by atoms with E-state index in [1.54, 1.807) is 10.9 Å². The van der Waals surface area contributed by atoms with Gasteiger partial charge in [-0.1, -0.05) is 6.07 Å². The largest absolute Gasteiger partial charge is 0.486 e. The van der Waals surface area contributed by atoms with E-state index in [4.69, 9.17) is 15.3 Å². The van der Waals surface area contributed by atoms with Gasteiger partial charge in [0.05, 0.1) is 22.4 Å². The fourth-order valence-electron chi connectivity index (χ4n) is 2.32. The van der Waals surface area contributed by atoms with Gasteiger partial charge in [0.25, 0.3) is 0 Å². The molecule has 2 aromatic rings. The first-order valence-corrected chi connectivity index (χ1v) is 7.03. The Morgan fingerprint density at radius 2 is 2.10 bits per heavy atom. The summed E-state index contributed by atoms with van der Waals surface area (Å²) in [6.45, 7) is 1.14. The highest BCUT2D eigenvalue weighted by molar-refractivity contribution is 9.10. The normalized spacial score (nSPS) is 15.2. The number of ether oxygens (including phenoxy) is 2. The van der Waals surface area contributed by atoms with Crippen molar-refractivity contribution >= 4 is 15.9 Å². The number of halogens is 1. The second kappa shape index (κ2) is 5.43. The van der Waals surface area contributed by atoms with Gasteiger partial charge in [0.1, 0.15) is 13.2 Å². The van der Waals surface area contributed by atoms with Crippen molar-refractivity contribution in [2.45, 2.75) is 6.04 Å². The van der Waals surface area contributed by atoms with Crippen molar-refractivity contribution in [2.24, 2.45) is 12.9 Å². The summed E-state index contributed by atoms with van der Waals surface area (Å²) >= 11 is 3.50. The summed E-state index contributed by atoms with van der Waals surface area (Å²) in [6.07, 6.45) is 1.75. The number of aryl methyl sites for hydroxylation is 1. The Labute approximate surface area is 125 Å². The summed E-state index contributed by atoms with van der Waals surface area (Å²) in [7, 11) is 1.88. The Morgan fingerprint density at radius 3 is 2.75 bits per heavy atom. The number of benzene rings is 1. The highest BCUT2D eigenvalue weighted by Gasteiger charge is 2.22. The summed E-state index contributed by atoms with van der Waals surface area (Å²) in [6, 6.07) is 5.63. The van der Waals surface area contributed by atoms with Gasteiger partial charge in [-0.15, -0.1) is 0 Å². The first kappa shape index (κ1) is 13.4. The molecule has 0 fully saturated rings. The third-order valence-electron chi connectivity index (χ3n) is 3.28. The SMILES string of the molecule is Cn1ncc(Br)c1C(NN)c1ccc2c(c1)OCCO2. The van der Waals surface area contributed by atoms with Gasteiger partial charge in [-0.25, -0.2) is 5.43 Å². The molecule has 1 aromatic carbocycles. The Kier molecular flexibility index (Phi) is 3.64. The van der Waals surface area contributed by atoms with E-state index in [2.05, 4.69) is 26.5 Å². The van der Waals surface area contributed by atoms with E-state index in [0.29, 0.717) is 13.2 Å². The van der Waals surface area contributed by atoms with Crippen LogP contribution < -0.4 is 20.7 Å². The molecular weight excluding hydrogens is 324 g/mol. The van der Waals surface area contributed by atoms with E-state index in [9.17, 15) is 0 Å². The predicted octanol–water partition coefficient (Wildman–Crippen LogP) is 1.51. The number of aromatic nitrogens is 2. The summed E-state index contributed by atoms with van der Waals surface area (Å²) < 4.78 is 13.8. The highest BCUT2D eigenvalue weighted by Crippen LogP contribution is 2.35. The number of hydrogen-bond donors (Lipinski definition) is 2. The molecule has 0 bridgehead atoms. The third kappa shape index (κ3) is 2.28. The molecule has 3 N–H and O–H groups in total. The van der Waals surface area contributed by atoms with E-state index in [-0.39, 0.29) is 6.04 Å². The van der Waals surface area contributed by atoms with E-state index in [1.165, 1.54) is 0 Å². The third-order valence-corrected chi connectivity index (χ3v) is 3.89. The minimum absolute atomic E-state index is 0.187. The fraction of sp³-hybridized carbons (Fsp3) is 0.308. The van der Waals surface area contributed by atoms with Gasteiger partial charge in [0.2, 0.25) is 0 Å². The lowest BCUT2D eigenvalue weighted by Crippen LogP contribution is -2.30. The molecule has 7 heteroatoms. The van der Waals surface area contributed by atoms with Crippen molar-refractivity contribution < 1.29 is 9.47 Å². The molecule has 1 aromatic heterocycles. The van der Waals surface area contributed by atoms with Gasteiger partial charge < -0.3 is 9.47 Å². The molecule has 20 heavy (non-hydrogen) atoms. The zero-order valence-corrected chi connectivity index (χ0v) is 12.6. The van der Waals surface area contributed by atoms with Gasteiger partial charge in [0, 0.05) is 7.05 Å². The van der Waals surface area contributed by atoms with E-state index in [1.807, 2.05) is 25.2 Å². The fourth-order valence-corrected chi connectivity index (χ4v) is 2.89.